The van der Waals surface area contributed by atoms with Crippen LogP contribution in [-0.4, -0.2) is 7.05 Å². The van der Waals surface area contributed by atoms with Gasteiger partial charge in [0, 0.05) is 0 Å². The molecular formula is C11H15FeN. The summed E-state index contributed by atoms with van der Waals surface area (Å²) in [6.45, 7) is -2.28. The molecule has 0 aliphatic carbocycles. The quantitative estimate of drug-likeness (QED) is 0.620. The second-order valence-corrected chi connectivity index (χ2v) is 33.5. The summed E-state index contributed by atoms with van der Waals surface area (Å²) in [6.07, 6.45) is 0. The van der Waals surface area contributed by atoms with Gasteiger partial charge in [0.2, 0.25) is 0 Å². The van der Waals surface area contributed by atoms with Gasteiger partial charge in [-0.1, -0.05) is 0 Å². The summed E-state index contributed by atoms with van der Waals surface area (Å²) in [5, 5.41) is 0. The van der Waals surface area contributed by atoms with E-state index in [9.17, 15) is 0 Å². The third-order valence-electron chi connectivity index (χ3n) is 14.5. The van der Waals surface area contributed by atoms with Crippen molar-refractivity contribution in [2.45, 2.75) is 48.2 Å². The van der Waals surface area contributed by atoms with E-state index in [0.29, 0.717) is 0 Å². The average molecular weight is 217 g/mol. The summed E-state index contributed by atoms with van der Waals surface area (Å²) in [4.78, 5) is 15.9. The van der Waals surface area contributed by atoms with Crippen LogP contribution < -0.4 is 5.73 Å². The van der Waals surface area contributed by atoms with Crippen LogP contribution in [0.3, 0.4) is 0 Å². The Hall–Kier alpha value is 0.479. The molecule has 10 aliphatic heterocycles. The Labute approximate surface area is 67.7 Å². The molecule has 0 aromatic carbocycles. The standard InChI is InChI=1S/2C5H5.CH5N.Fe/c2*1-2-4-5-3-1;1-2;/h2*1-5H;2H2,1H3;. The van der Waals surface area contributed by atoms with Crippen molar-refractivity contribution in [2.24, 2.45) is 5.73 Å². The minimum absolute atomic E-state index is 1.50. The summed E-state index contributed by atoms with van der Waals surface area (Å²) in [5.74, 6) is 0. The van der Waals surface area contributed by atoms with Crippen molar-refractivity contribution in [3.05, 3.63) is 0 Å². The van der Waals surface area contributed by atoms with Gasteiger partial charge in [-0.05, 0) is 7.05 Å². The molecule has 10 fully saturated rings. The second kappa shape index (κ2) is 0.289. The predicted molar refractivity (Wildman–Crippen MR) is 47.6 cm³/mol. The fourth-order valence-corrected chi connectivity index (χ4v) is 88.0. The van der Waals surface area contributed by atoms with Crippen molar-refractivity contribution in [3.8, 4) is 0 Å². The second-order valence-electron chi connectivity index (χ2n) is 9.58. The number of nitrogens with two attached hydrogens (primary N) is 1. The molecule has 0 unspecified atom stereocenters. The molecule has 1 nitrogen and oxygen atoms in total. The van der Waals surface area contributed by atoms with Crippen LogP contribution in [0, 0.1) is 0 Å². The van der Waals surface area contributed by atoms with E-state index in [4.69, 9.17) is 0 Å². The van der Waals surface area contributed by atoms with E-state index in [1.54, 1.807) is 48.2 Å². The van der Waals surface area contributed by atoms with Gasteiger partial charge in [0.15, 0.2) is 0 Å². The average Bonchev–Trinajstić information content (AvgIpc) is 3.15. The molecule has 10 rings (SSSR count). The fraction of sp³-hybridized carbons (Fsp3) is 1.00. The van der Waals surface area contributed by atoms with Crippen LogP contribution in [0.1, 0.15) is 0 Å². The minimum atomic E-state index is -2.28. The molecule has 2 N–H and O–H groups in total. The van der Waals surface area contributed by atoms with Gasteiger partial charge in [0.25, 0.3) is 0 Å². The van der Waals surface area contributed by atoms with E-state index in [2.05, 4.69) is 5.73 Å². The summed E-state index contributed by atoms with van der Waals surface area (Å²) >= 11 is 0. The molecule has 2 heteroatoms. The zero-order valence-corrected chi connectivity index (χ0v) is 8.81. The van der Waals surface area contributed by atoms with Gasteiger partial charge in [-0.25, -0.2) is 0 Å². The SMILES string of the molecule is CN.[CH]12[CH]3[CH]4[CH]5[CH]1[Fe]23451678[CH]2[CH]1[CH]6[CH]7[CH]28. The molecule has 0 saturated carbocycles. The molecule has 13 heavy (non-hydrogen) atoms. The molecule has 10 aliphatic rings. The molecule has 0 aromatic heterocycles. The molecule has 1 spiro atoms. The van der Waals surface area contributed by atoms with Crippen molar-refractivity contribution in [1.82, 2.24) is 0 Å². The van der Waals surface area contributed by atoms with Gasteiger partial charge < -0.3 is 5.73 Å². The first-order valence-electron chi connectivity index (χ1n) is 5.95. The molecule has 10 heterocycles. The number of rotatable bonds is 0. The Kier molecular flexibility index (Phi) is 0.101. The monoisotopic (exact) mass is 217 g/mol. The first-order valence-corrected chi connectivity index (χ1v) is 12.3. The summed E-state index contributed by atoms with van der Waals surface area (Å²) in [6, 6.07) is 0. The zero-order chi connectivity index (χ0) is 8.09. The van der Waals surface area contributed by atoms with E-state index in [1.165, 1.54) is 7.05 Å². The van der Waals surface area contributed by atoms with E-state index in [1.807, 2.05) is 0 Å². The number of hydrogen-bond donors (Lipinski definition) is 1. The van der Waals surface area contributed by atoms with Crippen LogP contribution in [0.25, 0.3) is 0 Å². The molecule has 10 saturated heterocycles. The maximum atomic E-state index is 4.50. The number of fused-ring (bicyclic) bond motifs is 10. The van der Waals surface area contributed by atoms with E-state index in [-0.39, 0.29) is 0 Å². The van der Waals surface area contributed by atoms with Crippen LogP contribution in [0.2, 0.25) is 48.2 Å². The fourth-order valence-electron chi connectivity index (χ4n) is 15.8. The predicted octanol–water partition coefficient (Wildman–Crippen LogP) is 2.95. The Morgan fingerprint density at radius 3 is 0.692 bits per heavy atom. The van der Waals surface area contributed by atoms with Crippen LogP contribution in [0.5, 0.6) is 0 Å². The van der Waals surface area contributed by atoms with E-state index < -0.39 is 6.51 Å². The van der Waals surface area contributed by atoms with Crippen LogP contribution in [0.15, 0.2) is 0 Å². The Balaban J connectivity index is 0.000000212. The Morgan fingerprint density at radius 1 is 0.538 bits per heavy atom. The van der Waals surface area contributed by atoms with Gasteiger partial charge in [0.1, 0.15) is 0 Å². The summed E-state index contributed by atoms with van der Waals surface area (Å²) in [7, 11) is 1.50. The van der Waals surface area contributed by atoms with E-state index in [0.717, 1.165) is 0 Å². The number of hydrogen-bond acceptors (Lipinski definition) is 1. The first kappa shape index (κ1) is 4.55. The van der Waals surface area contributed by atoms with Crippen LogP contribution in [-0.2, 0) is 6.51 Å². The molecular weight excluding hydrogens is 202 g/mol. The molecule has 72 valence electrons. The van der Waals surface area contributed by atoms with Crippen molar-refractivity contribution in [3.63, 3.8) is 0 Å². The van der Waals surface area contributed by atoms with Gasteiger partial charge in [0.05, 0.1) is 0 Å². The molecule has 0 bridgehead atoms. The van der Waals surface area contributed by atoms with Crippen molar-refractivity contribution in [2.75, 3.05) is 7.05 Å². The van der Waals surface area contributed by atoms with E-state index >= 15 is 0 Å². The summed E-state index contributed by atoms with van der Waals surface area (Å²) < 4.78 is 0. The molecule has 0 aromatic rings. The summed E-state index contributed by atoms with van der Waals surface area (Å²) in [5.41, 5.74) is 4.50. The maximum absolute atomic E-state index is 4.50. The zero-order valence-electron chi connectivity index (χ0n) is 7.70. The van der Waals surface area contributed by atoms with Gasteiger partial charge >= 0.3 is 54.7 Å². The molecule has 0 radical (unpaired) electrons. The Bertz CT molecular complexity index is 578. The van der Waals surface area contributed by atoms with Crippen LogP contribution in [0.4, 0.5) is 0 Å². The third-order valence-corrected chi connectivity index (χ3v) is 56.5. The topological polar surface area (TPSA) is 26.0 Å². The van der Waals surface area contributed by atoms with Gasteiger partial charge in [-0.2, -0.15) is 0 Å². The van der Waals surface area contributed by atoms with Crippen molar-refractivity contribution < 1.29 is 6.51 Å². The van der Waals surface area contributed by atoms with Crippen LogP contribution >= 0.6 is 0 Å². The van der Waals surface area contributed by atoms with Gasteiger partial charge in [-0.3, -0.25) is 0 Å². The van der Waals surface area contributed by atoms with Crippen molar-refractivity contribution in [1.29, 1.82) is 0 Å². The Morgan fingerprint density at radius 2 is 0.692 bits per heavy atom. The first-order chi connectivity index (χ1) is 6.16. The third kappa shape index (κ3) is 0.0341. The van der Waals surface area contributed by atoms with Gasteiger partial charge in [-0.15, -0.1) is 0 Å². The normalized spacial score (nSPS) is 145. The molecule has 0 amide bonds. The van der Waals surface area contributed by atoms with Crippen molar-refractivity contribution >= 4 is 0 Å². The molecule has 0 atom stereocenters.